The molecule has 8 nitrogen and oxygen atoms in total. The lowest BCUT2D eigenvalue weighted by Gasteiger charge is -2.18. The molecule has 0 saturated carbocycles. The minimum Gasteiger partial charge on any atom is -0.462 e. The van der Waals surface area contributed by atoms with E-state index in [-0.39, 0.29) is 18.6 Å². The summed E-state index contributed by atoms with van der Waals surface area (Å²) in [6, 6.07) is 5.04. The van der Waals surface area contributed by atoms with Crippen LogP contribution in [-0.2, 0) is 27.1 Å². The summed E-state index contributed by atoms with van der Waals surface area (Å²) in [5, 5.41) is 3.29. The standard InChI is InChI=1S/C25H27N3O5S/c1-4-18(33-24(30)16-7-6-8-17-21(16)27-12-11-26-17)22(29)28-23-20(25(31)32-5-2)15-10-9-14(3)13-19(15)34-23/h6-8,11-12,14,18H,4-5,9-10,13H2,1-3H3,(H,28,29). The lowest BCUT2D eigenvalue weighted by Crippen LogP contribution is -2.32. The fourth-order valence-corrected chi connectivity index (χ4v) is 5.52. The van der Waals surface area contributed by atoms with Gasteiger partial charge >= 0.3 is 11.9 Å². The minimum atomic E-state index is -1.03. The maximum Gasteiger partial charge on any atom is 0.341 e. The van der Waals surface area contributed by atoms with Crippen LogP contribution in [0.3, 0.4) is 0 Å². The average molecular weight is 482 g/mol. The number of hydrogen-bond donors (Lipinski definition) is 1. The van der Waals surface area contributed by atoms with E-state index in [0.29, 0.717) is 27.5 Å². The van der Waals surface area contributed by atoms with Gasteiger partial charge in [0.2, 0.25) is 0 Å². The van der Waals surface area contributed by atoms with Crippen LogP contribution in [0.5, 0.6) is 0 Å². The molecule has 0 radical (unpaired) electrons. The SMILES string of the molecule is CCOC(=O)c1c(NC(=O)C(CC)OC(=O)c2cccc3nccnc23)sc2c1CCC(C)C2. The van der Waals surface area contributed by atoms with Gasteiger partial charge < -0.3 is 14.8 Å². The van der Waals surface area contributed by atoms with Crippen molar-refractivity contribution in [1.82, 2.24) is 9.97 Å². The molecule has 1 aliphatic rings. The largest absolute Gasteiger partial charge is 0.462 e. The summed E-state index contributed by atoms with van der Waals surface area (Å²) in [7, 11) is 0. The number of esters is 2. The highest BCUT2D eigenvalue weighted by molar-refractivity contribution is 7.17. The van der Waals surface area contributed by atoms with Gasteiger partial charge in [0.05, 0.1) is 23.3 Å². The van der Waals surface area contributed by atoms with E-state index in [1.807, 2.05) is 0 Å². The number of aromatic nitrogens is 2. The summed E-state index contributed by atoms with van der Waals surface area (Å²) in [6.45, 7) is 5.93. The number of anilines is 1. The zero-order chi connectivity index (χ0) is 24.2. The van der Waals surface area contributed by atoms with E-state index in [1.165, 1.54) is 17.5 Å². The van der Waals surface area contributed by atoms with Gasteiger partial charge in [0.1, 0.15) is 10.5 Å². The van der Waals surface area contributed by atoms with Crippen LogP contribution >= 0.6 is 11.3 Å². The topological polar surface area (TPSA) is 107 Å². The van der Waals surface area contributed by atoms with E-state index in [4.69, 9.17) is 9.47 Å². The number of rotatable bonds is 7. The fourth-order valence-electron chi connectivity index (χ4n) is 4.12. The third-order valence-electron chi connectivity index (χ3n) is 5.86. The molecule has 3 aromatic rings. The second-order valence-corrected chi connectivity index (χ2v) is 9.40. The Morgan fingerprint density at radius 3 is 2.74 bits per heavy atom. The first-order chi connectivity index (χ1) is 16.4. The van der Waals surface area contributed by atoms with E-state index in [1.54, 1.807) is 38.2 Å². The number of carbonyl (C=O) groups is 3. The smallest absolute Gasteiger partial charge is 0.341 e. The van der Waals surface area contributed by atoms with E-state index in [2.05, 4.69) is 22.2 Å². The average Bonchev–Trinajstić information content (AvgIpc) is 3.18. The van der Waals surface area contributed by atoms with Gasteiger partial charge in [0.25, 0.3) is 5.91 Å². The normalized spacial score (nSPS) is 15.9. The zero-order valence-electron chi connectivity index (χ0n) is 19.4. The van der Waals surface area contributed by atoms with Crippen LogP contribution in [0.2, 0.25) is 0 Å². The molecule has 2 unspecified atom stereocenters. The van der Waals surface area contributed by atoms with Crippen LogP contribution in [0, 0.1) is 5.92 Å². The molecule has 2 atom stereocenters. The van der Waals surface area contributed by atoms with Crippen LogP contribution in [0.25, 0.3) is 11.0 Å². The van der Waals surface area contributed by atoms with Crippen molar-refractivity contribution in [3.63, 3.8) is 0 Å². The molecule has 1 aromatic carbocycles. The monoisotopic (exact) mass is 481 g/mol. The van der Waals surface area contributed by atoms with E-state index < -0.39 is 23.9 Å². The number of amides is 1. The highest BCUT2D eigenvalue weighted by Gasteiger charge is 2.31. The van der Waals surface area contributed by atoms with Crippen molar-refractivity contribution >= 4 is 45.2 Å². The lowest BCUT2D eigenvalue weighted by molar-refractivity contribution is -0.124. The first-order valence-corrected chi connectivity index (χ1v) is 12.3. The van der Waals surface area contributed by atoms with E-state index in [0.717, 1.165) is 29.7 Å². The van der Waals surface area contributed by atoms with Crippen molar-refractivity contribution in [2.45, 2.75) is 52.6 Å². The van der Waals surface area contributed by atoms with Crippen molar-refractivity contribution in [1.29, 1.82) is 0 Å². The summed E-state index contributed by atoms with van der Waals surface area (Å²) < 4.78 is 10.8. The highest BCUT2D eigenvalue weighted by atomic mass is 32.1. The number of ether oxygens (including phenoxy) is 2. The van der Waals surface area contributed by atoms with Crippen LogP contribution in [0.4, 0.5) is 5.00 Å². The van der Waals surface area contributed by atoms with Crippen LogP contribution in [-0.4, -0.2) is 40.5 Å². The number of nitrogens with zero attached hydrogens (tertiary/aromatic N) is 2. The number of carbonyl (C=O) groups excluding carboxylic acids is 3. The lowest BCUT2D eigenvalue weighted by atomic mass is 9.88. The molecule has 2 aromatic heterocycles. The van der Waals surface area contributed by atoms with Crippen LogP contribution in [0.15, 0.2) is 30.6 Å². The molecule has 0 saturated heterocycles. The summed E-state index contributed by atoms with van der Waals surface area (Å²) in [5.74, 6) is -1.07. The predicted octanol–water partition coefficient (Wildman–Crippen LogP) is 4.57. The van der Waals surface area contributed by atoms with Crippen molar-refractivity contribution in [2.24, 2.45) is 5.92 Å². The van der Waals surface area contributed by atoms with Crippen molar-refractivity contribution in [3.05, 3.63) is 52.2 Å². The quantitative estimate of drug-likeness (QED) is 0.493. The molecule has 178 valence electrons. The summed E-state index contributed by atoms with van der Waals surface area (Å²) in [6.07, 6.45) is 4.88. The Kier molecular flexibility index (Phi) is 7.21. The third kappa shape index (κ3) is 4.79. The Labute approximate surface area is 201 Å². The summed E-state index contributed by atoms with van der Waals surface area (Å²) in [5.41, 5.74) is 2.59. The minimum absolute atomic E-state index is 0.240. The Morgan fingerprint density at radius 1 is 1.18 bits per heavy atom. The van der Waals surface area contributed by atoms with Gasteiger partial charge in [0, 0.05) is 17.3 Å². The molecule has 0 spiro atoms. The molecule has 2 heterocycles. The van der Waals surface area contributed by atoms with Crippen LogP contribution < -0.4 is 5.32 Å². The molecule has 4 rings (SSSR count). The van der Waals surface area contributed by atoms with Crippen molar-refractivity contribution < 1.29 is 23.9 Å². The molecule has 1 N–H and O–H groups in total. The maximum atomic E-state index is 13.1. The molecule has 34 heavy (non-hydrogen) atoms. The molecule has 1 amide bonds. The first-order valence-electron chi connectivity index (χ1n) is 11.5. The van der Waals surface area contributed by atoms with Gasteiger partial charge in [-0.2, -0.15) is 0 Å². The Balaban J connectivity index is 1.56. The Bertz CT molecular complexity index is 1230. The number of para-hydroxylation sites is 1. The maximum absolute atomic E-state index is 13.1. The summed E-state index contributed by atoms with van der Waals surface area (Å²) >= 11 is 1.40. The number of benzene rings is 1. The van der Waals surface area contributed by atoms with Gasteiger partial charge in [-0.05, 0) is 56.2 Å². The van der Waals surface area contributed by atoms with E-state index >= 15 is 0 Å². The Morgan fingerprint density at radius 2 is 1.97 bits per heavy atom. The number of fused-ring (bicyclic) bond motifs is 2. The summed E-state index contributed by atoms with van der Waals surface area (Å²) in [4.78, 5) is 48.3. The van der Waals surface area contributed by atoms with Gasteiger partial charge in [-0.15, -0.1) is 11.3 Å². The van der Waals surface area contributed by atoms with Crippen molar-refractivity contribution in [2.75, 3.05) is 11.9 Å². The molecular formula is C25H27N3O5S. The fraction of sp³-hybridized carbons (Fsp3) is 0.400. The first kappa shape index (κ1) is 23.8. The Hall–Kier alpha value is -3.33. The molecule has 1 aliphatic carbocycles. The van der Waals surface area contributed by atoms with Gasteiger partial charge in [0.15, 0.2) is 6.10 Å². The van der Waals surface area contributed by atoms with Gasteiger partial charge in [-0.1, -0.05) is 19.9 Å². The third-order valence-corrected chi connectivity index (χ3v) is 7.03. The molecular weight excluding hydrogens is 454 g/mol. The molecule has 0 bridgehead atoms. The second-order valence-electron chi connectivity index (χ2n) is 8.30. The number of nitrogens with one attached hydrogen (secondary N) is 1. The number of hydrogen-bond acceptors (Lipinski definition) is 8. The highest BCUT2D eigenvalue weighted by Crippen LogP contribution is 2.40. The predicted molar refractivity (Wildman–Crippen MR) is 129 cm³/mol. The van der Waals surface area contributed by atoms with Gasteiger partial charge in [-0.25, -0.2) is 9.59 Å². The number of thiophene rings is 1. The second kappa shape index (κ2) is 10.3. The molecule has 9 heteroatoms. The van der Waals surface area contributed by atoms with Crippen LogP contribution in [0.1, 0.15) is 64.8 Å². The van der Waals surface area contributed by atoms with E-state index in [9.17, 15) is 14.4 Å². The van der Waals surface area contributed by atoms with Crippen molar-refractivity contribution in [3.8, 4) is 0 Å². The molecule has 0 aliphatic heterocycles. The zero-order valence-corrected chi connectivity index (χ0v) is 20.2. The van der Waals surface area contributed by atoms with Gasteiger partial charge in [-0.3, -0.25) is 14.8 Å². The molecule has 0 fully saturated rings.